The summed E-state index contributed by atoms with van der Waals surface area (Å²) in [5, 5.41) is 10.9. The molecule has 0 saturated heterocycles. The van der Waals surface area contributed by atoms with Crippen molar-refractivity contribution >= 4 is 22.6 Å². The van der Waals surface area contributed by atoms with Crippen LogP contribution >= 0.6 is 0 Å². The number of fused-ring (bicyclic) bond motifs is 1. The SMILES string of the molecule is CCn1cc(CNC(=O)Nc2ccc3cc[nH]c3c2)cn1. The van der Waals surface area contributed by atoms with Gasteiger partial charge in [-0.2, -0.15) is 5.10 Å². The maximum absolute atomic E-state index is 11.9. The molecule has 108 valence electrons. The molecule has 21 heavy (non-hydrogen) atoms. The summed E-state index contributed by atoms with van der Waals surface area (Å²) in [7, 11) is 0. The van der Waals surface area contributed by atoms with Crippen LogP contribution in [0.4, 0.5) is 10.5 Å². The number of amides is 2. The van der Waals surface area contributed by atoms with Crippen molar-refractivity contribution in [2.45, 2.75) is 20.0 Å². The Balaban J connectivity index is 1.58. The fourth-order valence-corrected chi connectivity index (χ4v) is 2.15. The maximum Gasteiger partial charge on any atom is 0.319 e. The number of aromatic nitrogens is 3. The van der Waals surface area contributed by atoms with E-state index in [1.54, 1.807) is 6.20 Å². The van der Waals surface area contributed by atoms with E-state index in [0.717, 1.165) is 28.7 Å². The molecule has 3 aromatic rings. The van der Waals surface area contributed by atoms with Crippen molar-refractivity contribution in [2.75, 3.05) is 5.32 Å². The molecule has 2 amide bonds. The number of benzene rings is 1. The fraction of sp³-hybridized carbons (Fsp3) is 0.200. The summed E-state index contributed by atoms with van der Waals surface area (Å²) < 4.78 is 1.83. The highest BCUT2D eigenvalue weighted by Gasteiger charge is 2.04. The van der Waals surface area contributed by atoms with Gasteiger partial charge in [0.2, 0.25) is 0 Å². The first-order valence-electron chi connectivity index (χ1n) is 6.88. The van der Waals surface area contributed by atoms with E-state index < -0.39 is 0 Å². The van der Waals surface area contributed by atoms with Gasteiger partial charge in [0.1, 0.15) is 0 Å². The van der Waals surface area contributed by atoms with Crippen LogP contribution in [0.3, 0.4) is 0 Å². The predicted octanol–water partition coefficient (Wildman–Crippen LogP) is 2.71. The molecule has 0 spiro atoms. The molecular formula is C15H17N5O. The molecule has 2 aromatic heterocycles. The standard InChI is InChI=1S/C15H17N5O/c1-2-20-10-11(9-18-20)8-17-15(21)19-13-4-3-12-5-6-16-14(12)7-13/h3-7,9-10,16H,2,8H2,1H3,(H2,17,19,21). The lowest BCUT2D eigenvalue weighted by atomic mass is 10.2. The second kappa shape index (κ2) is 5.70. The normalized spacial score (nSPS) is 10.7. The molecule has 0 saturated carbocycles. The Morgan fingerprint density at radius 1 is 1.38 bits per heavy atom. The van der Waals surface area contributed by atoms with Crippen molar-refractivity contribution in [2.24, 2.45) is 0 Å². The second-order valence-corrected chi connectivity index (χ2v) is 4.79. The largest absolute Gasteiger partial charge is 0.361 e. The number of aromatic amines is 1. The number of H-pyrrole nitrogens is 1. The average Bonchev–Trinajstić information content (AvgIpc) is 3.13. The van der Waals surface area contributed by atoms with E-state index in [2.05, 4.69) is 20.7 Å². The quantitative estimate of drug-likeness (QED) is 0.688. The van der Waals surface area contributed by atoms with Crippen LogP contribution in [0.5, 0.6) is 0 Å². The first kappa shape index (κ1) is 13.2. The van der Waals surface area contributed by atoms with E-state index in [0.29, 0.717) is 6.54 Å². The molecule has 0 radical (unpaired) electrons. The van der Waals surface area contributed by atoms with Crippen LogP contribution in [0.2, 0.25) is 0 Å². The molecule has 0 aliphatic heterocycles. The predicted molar refractivity (Wildman–Crippen MR) is 82.1 cm³/mol. The molecule has 2 heterocycles. The molecule has 3 rings (SSSR count). The number of carbonyl (C=O) groups is 1. The lowest BCUT2D eigenvalue weighted by Crippen LogP contribution is -2.28. The van der Waals surface area contributed by atoms with Crippen LogP contribution in [-0.2, 0) is 13.1 Å². The van der Waals surface area contributed by atoms with Crippen LogP contribution in [0, 0.1) is 0 Å². The molecule has 6 heteroatoms. The third kappa shape index (κ3) is 3.05. The third-order valence-corrected chi connectivity index (χ3v) is 3.28. The van der Waals surface area contributed by atoms with Crippen molar-refractivity contribution < 1.29 is 4.79 Å². The Labute approximate surface area is 122 Å². The van der Waals surface area contributed by atoms with Gasteiger partial charge in [-0.05, 0) is 30.5 Å². The van der Waals surface area contributed by atoms with Crippen LogP contribution in [0.15, 0.2) is 42.9 Å². The van der Waals surface area contributed by atoms with Crippen LogP contribution in [-0.4, -0.2) is 20.8 Å². The van der Waals surface area contributed by atoms with Crippen molar-refractivity contribution in [1.82, 2.24) is 20.1 Å². The highest BCUT2D eigenvalue weighted by molar-refractivity contribution is 5.92. The van der Waals surface area contributed by atoms with Crippen molar-refractivity contribution in [3.8, 4) is 0 Å². The van der Waals surface area contributed by atoms with E-state index >= 15 is 0 Å². The Morgan fingerprint density at radius 2 is 2.29 bits per heavy atom. The number of hydrogen-bond donors (Lipinski definition) is 3. The molecule has 1 aromatic carbocycles. The Morgan fingerprint density at radius 3 is 3.10 bits per heavy atom. The van der Waals surface area contributed by atoms with Gasteiger partial charge >= 0.3 is 6.03 Å². The Hall–Kier alpha value is -2.76. The lowest BCUT2D eigenvalue weighted by Gasteiger charge is -2.06. The van der Waals surface area contributed by atoms with E-state index in [-0.39, 0.29) is 6.03 Å². The molecule has 6 nitrogen and oxygen atoms in total. The van der Waals surface area contributed by atoms with Gasteiger partial charge < -0.3 is 15.6 Å². The Kier molecular flexibility index (Phi) is 3.59. The number of rotatable bonds is 4. The number of urea groups is 1. The van der Waals surface area contributed by atoms with Gasteiger partial charge in [-0.15, -0.1) is 0 Å². The third-order valence-electron chi connectivity index (χ3n) is 3.28. The first-order chi connectivity index (χ1) is 10.2. The van der Waals surface area contributed by atoms with Crippen LogP contribution < -0.4 is 10.6 Å². The summed E-state index contributed by atoms with van der Waals surface area (Å²) in [6.07, 6.45) is 5.56. The number of hydrogen-bond acceptors (Lipinski definition) is 2. The first-order valence-corrected chi connectivity index (χ1v) is 6.88. The van der Waals surface area contributed by atoms with E-state index in [9.17, 15) is 4.79 Å². The number of carbonyl (C=O) groups excluding carboxylic acids is 1. The summed E-state index contributed by atoms with van der Waals surface area (Å²) in [6, 6.07) is 7.51. The highest BCUT2D eigenvalue weighted by atomic mass is 16.2. The number of nitrogens with one attached hydrogen (secondary N) is 3. The van der Waals surface area contributed by atoms with Crippen molar-refractivity contribution in [3.63, 3.8) is 0 Å². The van der Waals surface area contributed by atoms with Gasteiger partial charge in [-0.1, -0.05) is 6.07 Å². The molecule has 0 bridgehead atoms. The van der Waals surface area contributed by atoms with Gasteiger partial charge in [0.15, 0.2) is 0 Å². The molecule has 3 N–H and O–H groups in total. The van der Waals surface area contributed by atoms with E-state index in [4.69, 9.17) is 0 Å². The summed E-state index contributed by atoms with van der Waals surface area (Å²) in [6.45, 7) is 3.30. The molecule has 0 unspecified atom stereocenters. The van der Waals surface area contributed by atoms with Gasteiger partial charge in [-0.3, -0.25) is 4.68 Å². The topological polar surface area (TPSA) is 74.7 Å². The van der Waals surface area contributed by atoms with E-state index in [1.165, 1.54) is 0 Å². The number of aryl methyl sites for hydroxylation is 1. The molecule has 0 aliphatic carbocycles. The van der Waals surface area contributed by atoms with Gasteiger partial charge in [-0.25, -0.2) is 4.79 Å². The van der Waals surface area contributed by atoms with Crippen LogP contribution in [0.25, 0.3) is 10.9 Å². The molecule has 0 atom stereocenters. The molecule has 0 fully saturated rings. The summed E-state index contributed by atoms with van der Waals surface area (Å²) in [4.78, 5) is 15.0. The number of anilines is 1. The number of nitrogens with zero attached hydrogens (tertiary/aromatic N) is 2. The van der Waals surface area contributed by atoms with Crippen molar-refractivity contribution in [1.29, 1.82) is 0 Å². The van der Waals surface area contributed by atoms with E-state index in [1.807, 2.05) is 48.3 Å². The minimum absolute atomic E-state index is 0.231. The summed E-state index contributed by atoms with van der Waals surface area (Å²) >= 11 is 0. The maximum atomic E-state index is 11.9. The Bertz CT molecular complexity index is 758. The summed E-state index contributed by atoms with van der Waals surface area (Å²) in [5.74, 6) is 0. The zero-order valence-electron chi connectivity index (χ0n) is 11.8. The van der Waals surface area contributed by atoms with Gasteiger partial charge in [0.25, 0.3) is 0 Å². The smallest absolute Gasteiger partial charge is 0.319 e. The lowest BCUT2D eigenvalue weighted by molar-refractivity contribution is 0.251. The van der Waals surface area contributed by atoms with Gasteiger partial charge in [0, 0.05) is 42.3 Å². The van der Waals surface area contributed by atoms with Crippen molar-refractivity contribution in [3.05, 3.63) is 48.4 Å². The second-order valence-electron chi connectivity index (χ2n) is 4.79. The molecular weight excluding hydrogens is 266 g/mol. The minimum Gasteiger partial charge on any atom is -0.361 e. The highest BCUT2D eigenvalue weighted by Crippen LogP contribution is 2.17. The summed E-state index contributed by atoms with van der Waals surface area (Å²) in [5.41, 5.74) is 2.73. The zero-order chi connectivity index (χ0) is 14.7. The van der Waals surface area contributed by atoms with Crippen LogP contribution in [0.1, 0.15) is 12.5 Å². The van der Waals surface area contributed by atoms with Gasteiger partial charge in [0.05, 0.1) is 6.20 Å². The minimum atomic E-state index is -0.231. The fourth-order valence-electron chi connectivity index (χ4n) is 2.15. The average molecular weight is 283 g/mol. The molecule has 0 aliphatic rings. The monoisotopic (exact) mass is 283 g/mol. The zero-order valence-corrected chi connectivity index (χ0v) is 11.8.